The highest BCUT2D eigenvalue weighted by Gasteiger charge is 2.25. The van der Waals surface area contributed by atoms with E-state index in [1.54, 1.807) is 19.1 Å². The van der Waals surface area contributed by atoms with E-state index < -0.39 is 0 Å². The maximum absolute atomic E-state index is 12.8. The summed E-state index contributed by atoms with van der Waals surface area (Å²) in [4.78, 5) is 12.8. The van der Waals surface area contributed by atoms with Crippen LogP contribution in [0.1, 0.15) is 16.1 Å². The van der Waals surface area contributed by atoms with Crippen molar-refractivity contribution in [2.24, 2.45) is 0 Å². The second-order valence-corrected chi connectivity index (χ2v) is 6.56. The zero-order valence-electron chi connectivity index (χ0n) is 14.6. The van der Waals surface area contributed by atoms with Gasteiger partial charge in [0.2, 0.25) is 0 Å². The van der Waals surface area contributed by atoms with Crippen molar-refractivity contribution in [3.63, 3.8) is 0 Å². The van der Waals surface area contributed by atoms with Gasteiger partial charge in [-0.25, -0.2) is 0 Å². The molecule has 1 N–H and O–H groups in total. The maximum atomic E-state index is 12.8. The van der Waals surface area contributed by atoms with Crippen LogP contribution in [0, 0.1) is 6.92 Å². The van der Waals surface area contributed by atoms with Crippen LogP contribution in [-0.2, 0) is 0 Å². The summed E-state index contributed by atoms with van der Waals surface area (Å²) in [5.41, 5.74) is 1.43. The summed E-state index contributed by atoms with van der Waals surface area (Å²) in [6.07, 6.45) is -0.284. The molecule has 0 bridgehead atoms. The van der Waals surface area contributed by atoms with E-state index in [1.165, 1.54) is 0 Å². The van der Waals surface area contributed by atoms with Crippen molar-refractivity contribution < 1.29 is 18.8 Å². The van der Waals surface area contributed by atoms with E-state index in [1.807, 2.05) is 36.4 Å². The number of nitrogens with one attached hydrogen (secondary N) is 1. The number of fused-ring (bicyclic) bond motifs is 1. The lowest BCUT2D eigenvalue weighted by Gasteiger charge is -2.26. The number of para-hydroxylation sites is 2. The number of nitrogens with zero attached hydrogens (tertiary/aromatic N) is 1. The van der Waals surface area contributed by atoms with Gasteiger partial charge >= 0.3 is 0 Å². The molecule has 0 fully saturated rings. The summed E-state index contributed by atoms with van der Waals surface area (Å²) in [6.45, 7) is 2.34. The lowest BCUT2D eigenvalue weighted by atomic mass is 10.1. The largest absolute Gasteiger partial charge is 0.486 e. The summed E-state index contributed by atoms with van der Waals surface area (Å²) >= 11 is 6.24. The average molecular weight is 385 g/mol. The molecular formula is C20H17ClN2O4. The molecule has 1 aromatic heterocycles. The summed E-state index contributed by atoms with van der Waals surface area (Å²) in [5.74, 6) is 1.50. The second-order valence-electron chi connectivity index (χ2n) is 6.15. The third-order valence-corrected chi connectivity index (χ3v) is 4.61. The van der Waals surface area contributed by atoms with Crippen molar-refractivity contribution in [3.8, 4) is 22.8 Å². The molecule has 3 aromatic rings. The van der Waals surface area contributed by atoms with Crippen molar-refractivity contribution in [3.05, 3.63) is 64.9 Å². The maximum Gasteiger partial charge on any atom is 0.257 e. The van der Waals surface area contributed by atoms with Gasteiger partial charge in [-0.15, -0.1) is 0 Å². The lowest BCUT2D eigenvalue weighted by Crippen LogP contribution is -2.40. The molecule has 27 heavy (non-hydrogen) atoms. The normalized spacial score (nSPS) is 15.4. The smallest absolute Gasteiger partial charge is 0.257 e. The highest BCUT2D eigenvalue weighted by molar-refractivity contribution is 6.33. The predicted octanol–water partition coefficient (Wildman–Crippen LogP) is 3.87. The number of aromatic nitrogens is 1. The Morgan fingerprint density at radius 2 is 1.93 bits per heavy atom. The predicted molar refractivity (Wildman–Crippen MR) is 100 cm³/mol. The van der Waals surface area contributed by atoms with Crippen molar-refractivity contribution >= 4 is 17.5 Å². The Bertz CT molecular complexity index is 986. The Morgan fingerprint density at radius 1 is 1.19 bits per heavy atom. The fourth-order valence-electron chi connectivity index (χ4n) is 2.94. The van der Waals surface area contributed by atoms with Crippen LogP contribution in [-0.4, -0.2) is 30.3 Å². The Morgan fingerprint density at radius 3 is 2.74 bits per heavy atom. The monoisotopic (exact) mass is 384 g/mol. The summed E-state index contributed by atoms with van der Waals surface area (Å²) in [6, 6.07) is 14.6. The standard InChI is InChI=1S/C20H17ClN2O4/c1-12-18(19(23-27-12)14-6-2-3-7-15(14)21)20(24)22-10-13-11-25-16-8-4-5-9-17(16)26-13/h2-9,13H,10-11H2,1H3,(H,22,24)/t13-/m0/s1. The highest BCUT2D eigenvalue weighted by Crippen LogP contribution is 2.32. The molecule has 0 unspecified atom stereocenters. The minimum Gasteiger partial charge on any atom is -0.486 e. The molecule has 6 nitrogen and oxygen atoms in total. The quantitative estimate of drug-likeness (QED) is 0.739. The highest BCUT2D eigenvalue weighted by atomic mass is 35.5. The number of carbonyl (C=O) groups is 1. The third kappa shape index (κ3) is 3.48. The fourth-order valence-corrected chi connectivity index (χ4v) is 3.16. The molecule has 1 aliphatic heterocycles. The van der Waals surface area contributed by atoms with Crippen LogP contribution in [0.4, 0.5) is 0 Å². The van der Waals surface area contributed by atoms with Gasteiger partial charge in [0.25, 0.3) is 5.91 Å². The minimum absolute atomic E-state index is 0.284. The number of carbonyl (C=O) groups excluding carboxylic acids is 1. The Hall–Kier alpha value is -2.99. The molecule has 1 atom stereocenters. The molecule has 1 amide bonds. The molecule has 0 saturated heterocycles. The van der Waals surface area contributed by atoms with Gasteiger partial charge in [-0.2, -0.15) is 0 Å². The molecule has 0 radical (unpaired) electrons. The first-order valence-electron chi connectivity index (χ1n) is 8.51. The summed E-state index contributed by atoms with van der Waals surface area (Å²) in [5, 5.41) is 7.39. The summed E-state index contributed by atoms with van der Waals surface area (Å²) < 4.78 is 16.8. The zero-order valence-corrected chi connectivity index (χ0v) is 15.3. The molecular weight excluding hydrogens is 368 g/mol. The van der Waals surface area contributed by atoms with Gasteiger partial charge in [-0.3, -0.25) is 4.79 Å². The number of halogens is 1. The van der Waals surface area contributed by atoms with Gasteiger partial charge in [-0.1, -0.05) is 47.1 Å². The van der Waals surface area contributed by atoms with Gasteiger partial charge < -0.3 is 19.3 Å². The first kappa shape index (κ1) is 17.4. The third-order valence-electron chi connectivity index (χ3n) is 4.28. The SMILES string of the molecule is Cc1onc(-c2ccccc2Cl)c1C(=O)NC[C@H]1COc2ccccc2O1. The van der Waals surface area contributed by atoms with Crippen molar-refractivity contribution in [2.75, 3.05) is 13.2 Å². The van der Waals surface area contributed by atoms with Crippen LogP contribution in [0.3, 0.4) is 0 Å². The zero-order chi connectivity index (χ0) is 18.8. The summed E-state index contributed by atoms with van der Waals surface area (Å²) in [7, 11) is 0. The van der Waals surface area contributed by atoms with Crippen LogP contribution < -0.4 is 14.8 Å². The first-order chi connectivity index (χ1) is 13.1. The van der Waals surface area contributed by atoms with E-state index in [9.17, 15) is 4.79 Å². The number of hydrogen-bond donors (Lipinski definition) is 1. The van der Waals surface area contributed by atoms with E-state index in [0.717, 1.165) is 0 Å². The molecule has 0 spiro atoms. The minimum atomic E-state index is -0.300. The molecule has 138 valence electrons. The van der Waals surface area contributed by atoms with Gasteiger partial charge in [0.15, 0.2) is 11.5 Å². The molecule has 2 aromatic carbocycles. The van der Waals surface area contributed by atoms with Crippen molar-refractivity contribution in [1.82, 2.24) is 10.5 Å². The average Bonchev–Trinajstić information content (AvgIpc) is 3.07. The van der Waals surface area contributed by atoms with Gasteiger partial charge in [0.1, 0.15) is 29.7 Å². The number of ether oxygens (including phenoxy) is 2. The number of rotatable bonds is 4. The van der Waals surface area contributed by atoms with Gasteiger partial charge in [-0.05, 0) is 25.1 Å². The van der Waals surface area contributed by atoms with Crippen LogP contribution in [0.15, 0.2) is 53.1 Å². The number of amides is 1. The molecule has 2 heterocycles. The van der Waals surface area contributed by atoms with Crippen LogP contribution in [0.2, 0.25) is 5.02 Å². The van der Waals surface area contributed by atoms with E-state index in [2.05, 4.69) is 10.5 Å². The van der Waals surface area contributed by atoms with Crippen molar-refractivity contribution in [1.29, 1.82) is 0 Å². The molecule has 4 rings (SSSR count). The Kier molecular flexibility index (Phi) is 4.73. The molecule has 0 aliphatic carbocycles. The number of benzene rings is 2. The second kappa shape index (κ2) is 7.32. The van der Waals surface area contributed by atoms with Crippen LogP contribution >= 0.6 is 11.6 Å². The first-order valence-corrected chi connectivity index (χ1v) is 8.89. The van der Waals surface area contributed by atoms with Crippen LogP contribution in [0.5, 0.6) is 11.5 Å². The van der Waals surface area contributed by atoms with E-state index in [4.69, 9.17) is 25.6 Å². The van der Waals surface area contributed by atoms with E-state index >= 15 is 0 Å². The Balaban J connectivity index is 1.49. The number of aryl methyl sites for hydroxylation is 1. The van der Waals surface area contributed by atoms with Gasteiger partial charge in [0, 0.05) is 5.56 Å². The van der Waals surface area contributed by atoms with Crippen LogP contribution in [0.25, 0.3) is 11.3 Å². The lowest BCUT2D eigenvalue weighted by molar-refractivity contribution is 0.0788. The molecule has 7 heteroatoms. The topological polar surface area (TPSA) is 73.6 Å². The fraction of sp³-hybridized carbons (Fsp3) is 0.200. The van der Waals surface area contributed by atoms with E-state index in [0.29, 0.717) is 52.3 Å². The number of hydrogen-bond acceptors (Lipinski definition) is 5. The Labute approximate surface area is 161 Å². The van der Waals surface area contributed by atoms with E-state index in [-0.39, 0.29) is 12.0 Å². The molecule has 1 aliphatic rings. The van der Waals surface area contributed by atoms with Gasteiger partial charge in [0.05, 0.1) is 11.6 Å². The van der Waals surface area contributed by atoms with Crippen molar-refractivity contribution in [2.45, 2.75) is 13.0 Å². The molecule has 0 saturated carbocycles.